The molecule has 0 spiro atoms. The molecule has 2 N–H and O–H groups in total. The first kappa shape index (κ1) is 18.9. The summed E-state index contributed by atoms with van der Waals surface area (Å²) in [6, 6.07) is -0.792. The second-order valence-corrected chi connectivity index (χ2v) is 7.51. The van der Waals surface area contributed by atoms with Crippen molar-refractivity contribution in [2.45, 2.75) is 31.8 Å². The summed E-state index contributed by atoms with van der Waals surface area (Å²) in [5.41, 5.74) is 0.413. The molecule has 12 heteroatoms. The Bertz CT molecular complexity index is 865. The first-order valence-corrected chi connectivity index (χ1v) is 9.10. The SMILES string of the molecule is CC1=C(C(=O)O)N2C(=O)[C@H](NC(=O)[C@H](C)Cn3cc([N+](=O)[O-])cn3)[C@H]2SC1. The van der Waals surface area contributed by atoms with Crippen molar-refractivity contribution in [1.29, 1.82) is 0 Å². The molecule has 144 valence electrons. The Kier molecular flexibility index (Phi) is 4.91. The molecule has 11 nitrogen and oxygen atoms in total. The van der Waals surface area contributed by atoms with Gasteiger partial charge in [-0.25, -0.2) is 4.79 Å². The van der Waals surface area contributed by atoms with Crippen LogP contribution in [-0.2, 0) is 20.9 Å². The van der Waals surface area contributed by atoms with Gasteiger partial charge in [-0.2, -0.15) is 5.10 Å². The molecule has 0 unspecified atom stereocenters. The number of β-lactam (4-membered cyclic amide) rings is 1. The van der Waals surface area contributed by atoms with Crippen LogP contribution in [0.3, 0.4) is 0 Å². The number of amides is 2. The number of carboxylic acids is 1. The lowest BCUT2D eigenvalue weighted by molar-refractivity contribution is -0.385. The molecule has 3 atom stereocenters. The average Bonchev–Trinajstić information content (AvgIpc) is 3.07. The van der Waals surface area contributed by atoms with Gasteiger partial charge in [0.05, 0.1) is 17.4 Å². The summed E-state index contributed by atoms with van der Waals surface area (Å²) in [5.74, 6) is -2.15. The second kappa shape index (κ2) is 7.02. The van der Waals surface area contributed by atoms with E-state index >= 15 is 0 Å². The largest absolute Gasteiger partial charge is 0.477 e. The molecule has 0 aromatic carbocycles. The van der Waals surface area contributed by atoms with Crippen molar-refractivity contribution < 1.29 is 24.4 Å². The molecule has 0 saturated carbocycles. The normalized spacial score (nSPS) is 22.7. The number of thioether (sulfide) groups is 1. The van der Waals surface area contributed by atoms with Crippen molar-refractivity contribution in [3.8, 4) is 0 Å². The number of nitro groups is 1. The van der Waals surface area contributed by atoms with Crippen molar-refractivity contribution in [3.05, 3.63) is 33.8 Å². The van der Waals surface area contributed by atoms with Crippen molar-refractivity contribution in [2.75, 3.05) is 5.75 Å². The van der Waals surface area contributed by atoms with E-state index in [-0.39, 0.29) is 17.9 Å². The van der Waals surface area contributed by atoms with Gasteiger partial charge in [-0.1, -0.05) is 6.92 Å². The van der Waals surface area contributed by atoms with E-state index in [2.05, 4.69) is 10.4 Å². The third-order valence-corrected chi connectivity index (χ3v) is 5.82. The zero-order chi connectivity index (χ0) is 19.9. The number of hydrogen-bond donors (Lipinski definition) is 2. The summed E-state index contributed by atoms with van der Waals surface area (Å²) >= 11 is 1.39. The Hall–Kier alpha value is -2.89. The number of aromatic nitrogens is 2. The van der Waals surface area contributed by atoms with Gasteiger partial charge in [0, 0.05) is 5.75 Å². The van der Waals surface area contributed by atoms with Crippen molar-refractivity contribution in [1.82, 2.24) is 20.0 Å². The number of fused-ring (bicyclic) bond motifs is 1. The van der Waals surface area contributed by atoms with Gasteiger partial charge in [0.15, 0.2) is 0 Å². The molecule has 2 aliphatic rings. The van der Waals surface area contributed by atoms with Crippen LogP contribution in [0.15, 0.2) is 23.7 Å². The molecule has 1 aromatic heterocycles. The molecule has 0 bridgehead atoms. The van der Waals surface area contributed by atoms with Crippen molar-refractivity contribution in [2.24, 2.45) is 5.92 Å². The van der Waals surface area contributed by atoms with Gasteiger partial charge in [0.25, 0.3) is 5.91 Å². The highest BCUT2D eigenvalue weighted by atomic mass is 32.2. The first-order chi connectivity index (χ1) is 12.7. The van der Waals surface area contributed by atoms with Gasteiger partial charge in [-0.15, -0.1) is 11.8 Å². The molecule has 2 amide bonds. The Morgan fingerprint density at radius 3 is 2.85 bits per heavy atom. The second-order valence-electron chi connectivity index (χ2n) is 6.41. The van der Waals surface area contributed by atoms with Crippen LogP contribution >= 0.6 is 11.8 Å². The molecule has 1 fully saturated rings. The highest BCUT2D eigenvalue weighted by Crippen LogP contribution is 2.40. The fourth-order valence-corrected chi connectivity index (χ4v) is 4.27. The third kappa shape index (κ3) is 3.39. The van der Waals surface area contributed by atoms with Crippen LogP contribution in [0.4, 0.5) is 5.69 Å². The van der Waals surface area contributed by atoms with Crippen LogP contribution in [0, 0.1) is 16.0 Å². The van der Waals surface area contributed by atoms with Crippen LogP contribution in [0.2, 0.25) is 0 Å². The predicted octanol–water partition coefficient (Wildman–Crippen LogP) is 0.186. The average molecular weight is 395 g/mol. The zero-order valence-corrected chi connectivity index (χ0v) is 15.3. The van der Waals surface area contributed by atoms with E-state index in [9.17, 15) is 29.6 Å². The van der Waals surface area contributed by atoms with E-state index in [1.807, 2.05) is 0 Å². The fraction of sp³-hybridized carbons (Fsp3) is 0.467. The van der Waals surface area contributed by atoms with Crippen molar-refractivity contribution >= 4 is 35.2 Å². The Balaban J connectivity index is 1.62. The van der Waals surface area contributed by atoms with Crippen LogP contribution in [-0.4, -0.2) is 59.7 Å². The topological polar surface area (TPSA) is 148 Å². The summed E-state index contributed by atoms with van der Waals surface area (Å²) in [6.07, 6.45) is 2.32. The lowest BCUT2D eigenvalue weighted by Crippen LogP contribution is -2.70. The molecular weight excluding hydrogens is 378 g/mol. The third-order valence-electron chi connectivity index (χ3n) is 4.40. The van der Waals surface area contributed by atoms with E-state index in [1.165, 1.54) is 27.5 Å². The number of aliphatic carboxylic acids is 1. The maximum absolute atomic E-state index is 12.4. The molecule has 0 aliphatic carbocycles. The number of rotatable bonds is 6. The standard InChI is InChI=1S/C15H17N5O6S/c1-7(4-18-5-9(3-16-18)20(25)26)12(21)17-10-13(22)19-11(15(23)24)8(2)6-27-14(10)19/h3,5,7,10,14H,4,6H2,1-2H3,(H,17,21)(H,23,24)/t7-,10+,14-/m1/s1. The monoisotopic (exact) mass is 395 g/mol. The summed E-state index contributed by atoms with van der Waals surface area (Å²) in [6.45, 7) is 3.39. The summed E-state index contributed by atoms with van der Waals surface area (Å²) in [7, 11) is 0. The van der Waals surface area contributed by atoms with Crippen molar-refractivity contribution in [3.63, 3.8) is 0 Å². The smallest absolute Gasteiger partial charge is 0.352 e. The van der Waals surface area contributed by atoms with Gasteiger partial charge in [-0.05, 0) is 12.5 Å². The van der Waals surface area contributed by atoms with E-state index in [0.29, 0.717) is 11.3 Å². The minimum absolute atomic E-state index is 0.0221. The minimum Gasteiger partial charge on any atom is -0.477 e. The molecule has 0 radical (unpaired) electrons. The number of nitrogens with one attached hydrogen (secondary N) is 1. The van der Waals surface area contributed by atoms with Gasteiger partial charge >= 0.3 is 11.7 Å². The molecule has 1 aromatic rings. The van der Waals surface area contributed by atoms with Gasteiger partial charge in [0.2, 0.25) is 5.91 Å². The van der Waals surface area contributed by atoms with E-state index in [0.717, 1.165) is 6.20 Å². The minimum atomic E-state index is -1.16. The number of hydrogen-bond acceptors (Lipinski definition) is 7. The highest BCUT2D eigenvalue weighted by Gasteiger charge is 2.53. The van der Waals surface area contributed by atoms with Crippen LogP contribution in [0.5, 0.6) is 0 Å². The molecular formula is C15H17N5O6S. The van der Waals surface area contributed by atoms with E-state index in [4.69, 9.17) is 0 Å². The number of nitrogens with zero attached hydrogens (tertiary/aromatic N) is 4. The Morgan fingerprint density at radius 1 is 1.56 bits per heavy atom. The lowest BCUT2D eigenvalue weighted by atomic mass is 10.0. The summed E-state index contributed by atoms with van der Waals surface area (Å²) in [4.78, 5) is 47.4. The fourth-order valence-electron chi connectivity index (χ4n) is 2.98. The molecule has 27 heavy (non-hydrogen) atoms. The number of carbonyl (C=O) groups excluding carboxylic acids is 2. The Morgan fingerprint density at radius 2 is 2.26 bits per heavy atom. The van der Waals surface area contributed by atoms with E-state index in [1.54, 1.807) is 13.8 Å². The molecule has 1 saturated heterocycles. The molecule has 3 heterocycles. The highest BCUT2D eigenvalue weighted by molar-refractivity contribution is 8.00. The van der Waals surface area contributed by atoms with Gasteiger partial charge in [-0.3, -0.25) is 29.3 Å². The maximum Gasteiger partial charge on any atom is 0.352 e. The number of carbonyl (C=O) groups is 3. The van der Waals surface area contributed by atoms with Gasteiger partial charge in [0.1, 0.15) is 29.5 Å². The van der Waals surface area contributed by atoms with Crippen LogP contribution in [0.1, 0.15) is 13.8 Å². The first-order valence-electron chi connectivity index (χ1n) is 8.05. The lowest BCUT2D eigenvalue weighted by Gasteiger charge is -2.49. The zero-order valence-electron chi connectivity index (χ0n) is 14.5. The number of carboxylic acid groups (broad SMARTS) is 1. The summed E-state index contributed by atoms with van der Waals surface area (Å²) < 4.78 is 1.29. The molecule has 2 aliphatic heterocycles. The summed E-state index contributed by atoms with van der Waals surface area (Å²) in [5, 5.41) is 26.0. The van der Waals surface area contributed by atoms with E-state index < -0.39 is 40.0 Å². The van der Waals surface area contributed by atoms with Crippen LogP contribution in [0.25, 0.3) is 0 Å². The quantitative estimate of drug-likeness (QED) is 0.394. The maximum atomic E-state index is 12.4. The predicted molar refractivity (Wildman–Crippen MR) is 93.4 cm³/mol. The Labute approximate surface area is 157 Å². The van der Waals surface area contributed by atoms with Gasteiger partial charge < -0.3 is 10.4 Å². The molecule has 3 rings (SSSR count). The van der Waals surface area contributed by atoms with Crippen LogP contribution < -0.4 is 5.32 Å².